The summed E-state index contributed by atoms with van der Waals surface area (Å²) in [4.78, 5) is 34.0. The number of carbonyl (C=O) groups excluding carboxylic acids is 1. The number of para-hydroxylation sites is 1. The third kappa shape index (κ3) is 4.45. The number of carbonyl (C=O) groups is 1. The van der Waals surface area contributed by atoms with Gasteiger partial charge >= 0.3 is 0 Å². The third-order valence-electron chi connectivity index (χ3n) is 5.33. The highest BCUT2D eigenvalue weighted by atomic mass is 32.2. The quantitative estimate of drug-likeness (QED) is 0.300. The van der Waals surface area contributed by atoms with E-state index < -0.39 is 0 Å². The van der Waals surface area contributed by atoms with E-state index in [0.717, 1.165) is 19.4 Å². The first kappa shape index (κ1) is 21.1. The van der Waals surface area contributed by atoms with Crippen molar-refractivity contribution in [2.75, 3.05) is 26.0 Å². The van der Waals surface area contributed by atoms with Crippen LogP contribution in [0.4, 0.5) is 0 Å². The molecule has 4 rings (SSSR count). The fourth-order valence-corrected chi connectivity index (χ4v) is 5.66. The van der Waals surface area contributed by atoms with E-state index >= 15 is 0 Å². The molecule has 0 spiro atoms. The SMILES string of the molecule is COCCCn1c(SCC(=O)N2CCCC2c2cccs2)nc2ccccc2c1=O. The van der Waals surface area contributed by atoms with Gasteiger partial charge in [-0.15, -0.1) is 11.3 Å². The summed E-state index contributed by atoms with van der Waals surface area (Å²) < 4.78 is 6.82. The van der Waals surface area contributed by atoms with Crippen LogP contribution in [0.25, 0.3) is 10.9 Å². The maximum Gasteiger partial charge on any atom is 0.262 e. The zero-order valence-electron chi connectivity index (χ0n) is 17.0. The summed E-state index contributed by atoms with van der Waals surface area (Å²) in [6, 6.07) is 11.7. The van der Waals surface area contributed by atoms with E-state index in [-0.39, 0.29) is 23.3 Å². The van der Waals surface area contributed by atoms with Crippen molar-refractivity contribution in [1.29, 1.82) is 0 Å². The van der Waals surface area contributed by atoms with Crippen molar-refractivity contribution in [3.63, 3.8) is 0 Å². The fourth-order valence-electron chi connectivity index (χ4n) is 3.87. The van der Waals surface area contributed by atoms with E-state index in [0.29, 0.717) is 35.6 Å². The zero-order valence-corrected chi connectivity index (χ0v) is 18.6. The topological polar surface area (TPSA) is 64.4 Å². The lowest BCUT2D eigenvalue weighted by Crippen LogP contribution is -2.32. The number of hydrogen-bond donors (Lipinski definition) is 0. The number of fused-ring (bicyclic) bond motifs is 1. The van der Waals surface area contributed by atoms with Gasteiger partial charge in [0.1, 0.15) is 0 Å². The second-order valence-corrected chi connectivity index (χ2v) is 9.19. The Morgan fingerprint density at radius 1 is 1.30 bits per heavy atom. The van der Waals surface area contributed by atoms with Gasteiger partial charge in [0.2, 0.25) is 5.91 Å². The van der Waals surface area contributed by atoms with E-state index in [1.54, 1.807) is 29.1 Å². The normalized spacial score (nSPS) is 16.4. The first-order valence-electron chi connectivity index (χ1n) is 10.1. The number of thiophene rings is 1. The lowest BCUT2D eigenvalue weighted by molar-refractivity contribution is -0.129. The zero-order chi connectivity index (χ0) is 20.9. The first-order valence-corrected chi connectivity index (χ1v) is 12.0. The van der Waals surface area contributed by atoms with Gasteiger partial charge < -0.3 is 9.64 Å². The van der Waals surface area contributed by atoms with E-state index in [1.165, 1.54) is 16.6 Å². The Morgan fingerprint density at radius 3 is 2.97 bits per heavy atom. The summed E-state index contributed by atoms with van der Waals surface area (Å²) in [7, 11) is 1.65. The van der Waals surface area contributed by atoms with E-state index in [2.05, 4.69) is 11.4 Å². The van der Waals surface area contributed by atoms with Gasteiger partial charge in [0.25, 0.3) is 5.56 Å². The fraction of sp³-hybridized carbons (Fsp3) is 0.409. The predicted octanol–water partition coefficient (Wildman–Crippen LogP) is 3.95. The number of ether oxygens (including phenoxy) is 1. The highest BCUT2D eigenvalue weighted by molar-refractivity contribution is 7.99. The van der Waals surface area contributed by atoms with E-state index in [1.807, 2.05) is 29.2 Å². The van der Waals surface area contributed by atoms with Crippen LogP contribution < -0.4 is 5.56 Å². The van der Waals surface area contributed by atoms with Crippen LogP contribution in [0.3, 0.4) is 0 Å². The maximum absolute atomic E-state index is 13.0. The third-order valence-corrected chi connectivity index (χ3v) is 7.26. The van der Waals surface area contributed by atoms with Crippen molar-refractivity contribution in [2.45, 2.75) is 37.0 Å². The molecular weight excluding hydrogens is 418 g/mol. The number of amides is 1. The Hall–Kier alpha value is -2.16. The van der Waals surface area contributed by atoms with Gasteiger partial charge in [-0.25, -0.2) is 4.98 Å². The first-order chi connectivity index (χ1) is 14.7. The molecule has 2 aromatic heterocycles. The molecule has 3 aromatic rings. The maximum atomic E-state index is 13.0. The molecule has 1 aromatic carbocycles. The Morgan fingerprint density at radius 2 is 2.17 bits per heavy atom. The van der Waals surface area contributed by atoms with Crippen molar-refractivity contribution in [1.82, 2.24) is 14.5 Å². The Kier molecular flexibility index (Phi) is 6.86. The summed E-state index contributed by atoms with van der Waals surface area (Å²) in [5.74, 6) is 0.374. The van der Waals surface area contributed by atoms with Gasteiger partial charge in [0.15, 0.2) is 5.16 Å². The van der Waals surface area contributed by atoms with Crippen LogP contribution in [-0.2, 0) is 16.1 Å². The molecule has 1 aliphatic heterocycles. The molecule has 1 fully saturated rings. The average molecular weight is 444 g/mol. The molecular formula is C22H25N3O3S2. The van der Waals surface area contributed by atoms with Crippen LogP contribution in [0, 0.1) is 0 Å². The Balaban J connectivity index is 1.54. The molecule has 158 valence electrons. The summed E-state index contributed by atoms with van der Waals surface area (Å²) in [6.45, 7) is 1.87. The lowest BCUT2D eigenvalue weighted by atomic mass is 10.2. The standard InChI is InChI=1S/C22H25N3O3S2/c1-28-13-6-12-25-21(27)16-7-2-3-8-17(16)23-22(25)30-15-20(26)24-11-4-9-18(24)19-10-5-14-29-19/h2-3,5,7-8,10,14,18H,4,6,9,11-13,15H2,1H3. The highest BCUT2D eigenvalue weighted by Crippen LogP contribution is 2.35. The number of methoxy groups -OCH3 is 1. The second kappa shape index (κ2) is 9.76. The number of benzene rings is 1. The second-order valence-electron chi connectivity index (χ2n) is 7.26. The van der Waals surface area contributed by atoms with Crippen LogP contribution in [-0.4, -0.2) is 46.4 Å². The predicted molar refractivity (Wildman–Crippen MR) is 121 cm³/mol. The smallest absolute Gasteiger partial charge is 0.262 e. The minimum absolute atomic E-state index is 0.0655. The molecule has 8 heteroatoms. The van der Waals surface area contributed by atoms with Gasteiger partial charge in [-0.2, -0.15) is 0 Å². The molecule has 0 saturated carbocycles. The van der Waals surface area contributed by atoms with Crippen molar-refractivity contribution >= 4 is 39.9 Å². The van der Waals surface area contributed by atoms with Gasteiger partial charge in [0, 0.05) is 31.7 Å². The number of likely N-dealkylation sites (tertiary alicyclic amines) is 1. The van der Waals surface area contributed by atoms with Crippen molar-refractivity contribution in [3.8, 4) is 0 Å². The number of thioether (sulfide) groups is 1. The summed E-state index contributed by atoms with van der Waals surface area (Å²) >= 11 is 3.05. The Bertz CT molecular complexity index is 1070. The summed E-state index contributed by atoms with van der Waals surface area (Å²) in [5, 5.41) is 3.25. The number of nitrogens with zero attached hydrogens (tertiary/aromatic N) is 3. The molecule has 1 atom stereocenters. The number of aromatic nitrogens is 2. The molecule has 0 bridgehead atoms. The van der Waals surface area contributed by atoms with Crippen LogP contribution in [0.5, 0.6) is 0 Å². The number of hydrogen-bond acceptors (Lipinski definition) is 6. The van der Waals surface area contributed by atoms with Crippen LogP contribution in [0.15, 0.2) is 51.7 Å². The molecule has 1 unspecified atom stereocenters. The molecule has 1 aliphatic rings. The number of rotatable bonds is 8. The monoisotopic (exact) mass is 443 g/mol. The largest absolute Gasteiger partial charge is 0.385 e. The molecule has 30 heavy (non-hydrogen) atoms. The van der Waals surface area contributed by atoms with Crippen LogP contribution >= 0.6 is 23.1 Å². The molecule has 0 radical (unpaired) electrons. The van der Waals surface area contributed by atoms with Gasteiger partial charge in [-0.05, 0) is 42.8 Å². The average Bonchev–Trinajstić information content (AvgIpc) is 3.45. The van der Waals surface area contributed by atoms with Gasteiger partial charge in [-0.3, -0.25) is 14.2 Å². The van der Waals surface area contributed by atoms with Crippen LogP contribution in [0.1, 0.15) is 30.2 Å². The molecule has 6 nitrogen and oxygen atoms in total. The lowest BCUT2D eigenvalue weighted by Gasteiger charge is -2.24. The molecule has 3 heterocycles. The summed E-state index contributed by atoms with van der Waals surface area (Å²) in [5.41, 5.74) is 0.599. The van der Waals surface area contributed by atoms with Crippen molar-refractivity contribution in [2.24, 2.45) is 0 Å². The van der Waals surface area contributed by atoms with Crippen molar-refractivity contribution < 1.29 is 9.53 Å². The minimum atomic E-state index is -0.0655. The molecule has 0 N–H and O–H groups in total. The van der Waals surface area contributed by atoms with E-state index in [4.69, 9.17) is 9.72 Å². The molecule has 1 saturated heterocycles. The van der Waals surface area contributed by atoms with E-state index in [9.17, 15) is 9.59 Å². The van der Waals surface area contributed by atoms with Crippen LogP contribution in [0.2, 0.25) is 0 Å². The molecule has 0 aliphatic carbocycles. The highest BCUT2D eigenvalue weighted by Gasteiger charge is 2.30. The summed E-state index contributed by atoms with van der Waals surface area (Å²) in [6.07, 6.45) is 2.74. The van der Waals surface area contributed by atoms with Crippen molar-refractivity contribution in [3.05, 3.63) is 57.0 Å². The van der Waals surface area contributed by atoms with Gasteiger partial charge in [0.05, 0.1) is 22.7 Å². The molecule has 1 amide bonds. The Labute approximate surface area is 183 Å². The minimum Gasteiger partial charge on any atom is -0.385 e. The van der Waals surface area contributed by atoms with Gasteiger partial charge in [-0.1, -0.05) is 30.0 Å².